The van der Waals surface area contributed by atoms with Crippen LogP contribution < -0.4 is 5.32 Å². The quantitative estimate of drug-likeness (QED) is 0.848. The first-order chi connectivity index (χ1) is 9.00. The Morgan fingerprint density at radius 3 is 2.89 bits per heavy atom. The number of sulfone groups is 1. The van der Waals surface area contributed by atoms with Crippen LogP contribution in [0.1, 0.15) is 17.3 Å². The van der Waals surface area contributed by atoms with Gasteiger partial charge in [0, 0.05) is 11.1 Å². The molecule has 0 saturated carbocycles. The van der Waals surface area contributed by atoms with Gasteiger partial charge in [0.2, 0.25) is 0 Å². The fourth-order valence-corrected chi connectivity index (χ4v) is 3.07. The van der Waals surface area contributed by atoms with E-state index in [1.54, 1.807) is 37.3 Å². The Morgan fingerprint density at radius 2 is 2.26 bits per heavy atom. The lowest BCUT2D eigenvalue weighted by Crippen LogP contribution is -2.21. The molecular weight excluding hydrogens is 266 g/mol. The van der Waals surface area contributed by atoms with Crippen molar-refractivity contribution in [3.63, 3.8) is 0 Å². The van der Waals surface area contributed by atoms with Crippen molar-refractivity contribution in [2.24, 2.45) is 0 Å². The summed E-state index contributed by atoms with van der Waals surface area (Å²) in [7, 11) is -3.09. The molecule has 0 amide bonds. The molecule has 0 fully saturated rings. The second-order valence-corrected chi connectivity index (χ2v) is 6.14. The van der Waals surface area contributed by atoms with E-state index in [9.17, 15) is 13.2 Å². The van der Waals surface area contributed by atoms with E-state index in [0.29, 0.717) is 17.9 Å². The highest BCUT2D eigenvalue weighted by molar-refractivity contribution is 7.94. The molecule has 102 valence electrons. The average molecular weight is 281 g/mol. The van der Waals surface area contributed by atoms with Crippen molar-refractivity contribution in [3.8, 4) is 0 Å². The number of ether oxygens (including phenoxy) is 1. The first kappa shape index (κ1) is 13.6. The molecule has 0 aliphatic carbocycles. The molecule has 5 nitrogen and oxygen atoms in total. The summed E-state index contributed by atoms with van der Waals surface area (Å²) >= 11 is 0. The van der Waals surface area contributed by atoms with Gasteiger partial charge >= 0.3 is 5.97 Å². The van der Waals surface area contributed by atoms with Crippen molar-refractivity contribution in [2.75, 3.05) is 17.7 Å². The maximum Gasteiger partial charge on any atom is 0.338 e. The zero-order chi connectivity index (χ0) is 13.9. The van der Waals surface area contributed by atoms with Gasteiger partial charge < -0.3 is 10.1 Å². The molecule has 2 rings (SSSR count). The minimum Gasteiger partial charge on any atom is -0.462 e. The second kappa shape index (κ2) is 5.44. The van der Waals surface area contributed by atoms with Gasteiger partial charge in [0.15, 0.2) is 9.84 Å². The zero-order valence-corrected chi connectivity index (χ0v) is 11.3. The van der Waals surface area contributed by atoms with Gasteiger partial charge in [0.1, 0.15) is 0 Å². The van der Waals surface area contributed by atoms with Crippen molar-refractivity contribution in [2.45, 2.75) is 13.0 Å². The van der Waals surface area contributed by atoms with Crippen LogP contribution in [0.5, 0.6) is 0 Å². The van der Waals surface area contributed by atoms with Crippen molar-refractivity contribution in [1.82, 2.24) is 0 Å². The summed E-state index contributed by atoms with van der Waals surface area (Å²) < 4.78 is 27.5. The summed E-state index contributed by atoms with van der Waals surface area (Å²) in [5, 5.41) is 4.27. The Kier molecular flexibility index (Phi) is 3.90. The fourth-order valence-electron chi connectivity index (χ4n) is 1.83. The minimum absolute atomic E-state index is 0.0383. The molecule has 1 atom stereocenters. The van der Waals surface area contributed by atoms with Crippen molar-refractivity contribution in [3.05, 3.63) is 41.3 Å². The molecule has 1 aromatic rings. The van der Waals surface area contributed by atoms with Crippen LogP contribution >= 0.6 is 0 Å². The van der Waals surface area contributed by atoms with Gasteiger partial charge in [-0.2, -0.15) is 0 Å². The van der Waals surface area contributed by atoms with Gasteiger partial charge in [-0.3, -0.25) is 0 Å². The number of esters is 1. The molecule has 19 heavy (non-hydrogen) atoms. The first-order valence-electron chi connectivity index (χ1n) is 5.95. The van der Waals surface area contributed by atoms with Crippen LogP contribution in [0.3, 0.4) is 0 Å². The number of hydrogen-bond acceptors (Lipinski definition) is 5. The summed E-state index contributed by atoms with van der Waals surface area (Å²) in [6, 6.07) is 6.55. The van der Waals surface area contributed by atoms with Crippen molar-refractivity contribution < 1.29 is 17.9 Å². The molecule has 0 spiro atoms. The van der Waals surface area contributed by atoms with Crippen LogP contribution in [-0.2, 0) is 14.6 Å². The summed E-state index contributed by atoms with van der Waals surface area (Å²) in [4.78, 5) is 11.6. The van der Waals surface area contributed by atoms with E-state index in [0.717, 1.165) is 0 Å². The van der Waals surface area contributed by atoms with E-state index in [2.05, 4.69) is 5.32 Å². The molecule has 0 bridgehead atoms. The van der Waals surface area contributed by atoms with Crippen LogP contribution in [0, 0.1) is 0 Å². The van der Waals surface area contributed by atoms with Gasteiger partial charge in [-0.05, 0) is 25.1 Å². The molecule has 1 heterocycles. The molecule has 1 aliphatic rings. The third-order valence-corrected chi connectivity index (χ3v) is 4.05. The summed E-state index contributed by atoms with van der Waals surface area (Å²) in [5.74, 6) is -0.350. The Balaban J connectivity index is 2.08. The highest BCUT2D eigenvalue weighted by Gasteiger charge is 2.21. The molecule has 0 radical (unpaired) electrons. The molecule has 1 aromatic carbocycles. The van der Waals surface area contributed by atoms with E-state index in [1.165, 1.54) is 5.41 Å². The lowest BCUT2D eigenvalue weighted by Gasteiger charge is -2.12. The predicted octanol–water partition coefficient (Wildman–Crippen LogP) is 1.59. The van der Waals surface area contributed by atoms with Gasteiger partial charge in [-0.15, -0.1) is 0 Å². The van der Waals surface area contributed by atoms with E-state index < -0.39 is 9.84 Å². The molecular formula is C13H15NO4S. The van der Waals surface area contributed by atoms with Crippen LogP contribution in [-0.4, -0.2) is 32.8 Å². The standard InChI is InChI=1S/C13H15NO4S/c1-2-18-13(15)10-4-3-5-11(8-10)14-12-6-7-19(16,17)9-12/h3-8,12,14H,2,9H2,1H3/t12-/m0/s1. The predicted molar refractivity (Wildman–Crippen MR) is 72.7 cm³/mol. The molecule has 0 saturated heterocycles. The molecule has 6 heteroatoms. The van der Waals surface area contributed by atoms with Gasteiger partial charge in [-0.1, -0.05) is 12.1 Å². The first-order valence-corrected chi connectivity index (χ1v) is 7.66. The van der Waals surface area contributed by atoms with Crippen molar-refractivity contribution in [1.29, 1.82) is 0 Å². The third-order valence-electron chi connectivity index (χ3n) is 2.66. The topological polar surface area (TPSA) is 72.5 Å². The highest BCUT2D eigenvalue weighted by atomic mass is 32.2. The number of benzene rings is 1. The van der Waals surface area contributed by atoms with Crippen molar-refractivity contribution >= 4 is 21.5 Å². The monoisotopic (exact) mass is 281 g/mol. The molecule has 1 N–H and O–H groups in total. The largest absolute Gasteiger partial charge is 0.462 e. The van der Waals surface area contributed by atoms with Crippen LogP contribution in [0.15, 0.2) is 35.7 Å². The van der Waals surface area contributed by atoms with E-state index in [4.69, 9.17) is 4.74 Å². The Hall–Kier alpha value is -1.82. The van der Waals surface area contributed by atoms with Gasteiger partial charge in [0.05, 0.1) is 24.0 Å². The maximum absolute atomic E-state index is 11.6. The Labute approximate surface area is 112 Å². The highest BCUT2D eigenvalue weighted by Crippen LogP contribution is 2.17. The maximum atomic E-state index is 11.6. The normalized spacial score (nSPS) is 20.2. The van der Waals surface area contributed by atoms with Gasteiger partial charge in [-0.25, -0.2) is 13.2 Å². The zero-order valence-electron chi connectivity index (χ0n) is 10.5. The molecule has 0 aromatic heterocycles. The summed E-state index contributed by atoms with van der Waals surface area (Å²) in [6.45, 7) is 2.06. The van der Waals surface area contributed by atoms with E-state index in [1.807, 2.05) is 0 Å². The number of carbonyl (C=O) groups is 1. The van der Waals surface area contributed by atoms with Crippen LogP contribution in [0.2, 0.25) is 0 Å². The van der Waals surface area contributed by atoms with Gasteiger partial charge in [0.25, 0.3) is 0 Å². The number of rotatable bonds is 4. The number of nitrogens with one attached hydrogen (secondary N) is 1. The fraction of sp³-hybridized carbons (Fsp3) is 0.308. The molecule has 1 aliphatic heterocycles. The lowest BCUT2D eigenvalue weighted by atomic mass is 10.2. The Morgan fingerprint density at radius 1 is 1.47 bits per heavy atom. The molecule has 0 unspecified atom stereocenters. The number of carbonyl (C=O) groups excluding carboxylic acids is 1. The van der Waals surface area contributed by atoms with Crippen LogP contribution in [0.25, 0.3) is 0 Å². The minimum atomic E-state index is -3.09. The Bertz CT molecular complexity index is 607. The SMILES string of the molecule is CCOC(=O)c1cccc(N[C@H]2C=CS(=O)(=O)C2)c1. The number of anilines is 1. The summed E-state index contributed by atoms with van der Waals surface area (Å²) in [5.41, 5.74) is 1.13. The number of hydrogen-bond donors (Lipinski definition) is 1. The van der Waals surface area contributed by atoms with E-state index >= 15 is 0 Å². The second-order valence-electron chi connectivity index (χ2n) is 4.21. The summed E-state index contributed by atoms with van der Waals surface area (Å²) in [6.07, 6.45) is 1.60. The smallest absolute Gasteiger partial charge is 0.338 e. The lowest BCUT2D eigenvalue weighted by molar-refractivity contribution is 0.0526. The third kappa shape index (κ3) is 3.57. The van der Waals surface area contributed by atoms with E-state index in [-0.39, 0.29) is 17.8 Å². The average Bonchev–Trinajstić information content (AvgIpc) is 2.69. The van der Waals surface area contributed by atoms with Crippen LogP contribution in [0.4, 0.5) is 5.69 Å².